The molecule has 2 atom stereocenters. The molecule has 3 aliphatic rings. The van der Waals surface area contributed by atoms with E-state index in [9.17, 15) is 10.2 Å². The first-order valence-corrected chi connectivity index (χ1v) is 17.8. The van der Waals surface area contributed by atoms with Gasteiger partial charge in [0.25, 0.3) is 0 Å². The Labute approximate surface area is 299 Å². The Morgan fingerprint density at radius 1 is 0.939 bits per heavy atom. The fraction of sp³-hybridized carbons (Fsp3) is 0.378. The molecular formula is C37H39BrClN5O5. The lowest BCUT2D eigenvalue weighted by Crippen LogP contribution is -2.46. The van der Waals surface area contributed by atoms with Crippen LogP contribution >= 0.6 is 27.5 Å². The number of aliphatic hydroxyl groups excluding tert-OH is 1. The molecule has 1 fully saturated rings. The van der Waals surface area contributed by atoms with Gasteiger partial charge >= 0.3 is 0 Å². The Hall–Kier alpha value is -3.74. The Morgan fingerprint density at radius 2 is 1.73 bits per heavy atom. The van der Waals surface area contributed by atoms with Crippen molar-refractivity contribution in [3.63, 3.8) is 0 Å². The third-order valence-corrected chi connectivity index (χ3v) is 10.6. The highest BCUT2D eigenvalue weighted by Gasteiger charge is 2.31. The molecule has 0 unspecified atom stereocenters. The van der Waals surface area contributed by atoms with E-state index in [0.717, 1.165) is 96.6 Å². The van der Waals surface area contributed by atoms with Crippen LogP contribution < -0.4 is 19.5 Å². The van der Waals surface area contributed by atoms with Gasteiger partial charge in [-0.3, -0.25) is 9.89 Å². The number of amidine groups is 1. The zero-order valence-electron chi connectivity index (χ0n) is 27.5. The second-order valence-corrected chi connectivity index (χ2v) is 13.7. The number of fused-ring (bicyclic) bond motifs is 1. The monoisotopic (exact) mass is 747 g/mol. The van der Waals surface area contributed by atoms with Crippen molar-refractivity contribution < 1.29 is 24.4 Å². The van der Waals surface area contributed by atoms with E-state index in [1.807, 2.05) is 42.5 Å². The number of aliphatic imine (C=N–C) groups is 1. The van der Waals surface area contributed by atoms with Gasteiger partial charge in [-0.05, 0) is 83.0 Å². The van der Waals surface area contributed by atoms with Gasteiger partial charge in [-0.1, -0.05) is 54.4 Å². The fourth-order valence-electron chi connectivity index (χ4n) is 7.20. The molecule has 12 heteroatoms. The summed E-state index contributed by atoms with van der Waals surface area (Å²) in [7, 11) is 3.21. The summed E-state index contributed by atoms with van der Waals surface area (Å²) in [4.78, 5) is 16.2. The third kappa shape index (κ3) is 6.74. The van der Waals surface area contributed by atoms with Gasteiger partial charge in [0.1, 0.15) is 11.9 Å². The molecule has 2 aliphatic heterocycles. The summed E-state index contributed by atoms with van der Waals surface area (Å²) in [5, 5.41) is 23.8. The van der Waals surface area contributed by atoms with E-state index in [1.165, 1.54) is 5.56 Å². The molecule has 4 heterocycles. The minimum atomic E-state index is -1.39. The zero-order valence-corrected chi connectivity index (χ0v) is 29.8. The molecule has 0 bridgehead atoms. The highest BCUT2D eigenvalue weighted by atomic mass is 79.9. The number of rotatable bonds is 10. The largest absolute Gasteiger partial charge is 0.481 e. The lowest BCUT2D eigenvalue weighted by Gasteiger charge is -2.36. The van der Waals surface area contributed by atoms with E-state index in [1.54, 1.807) is 14.2 Å². The zero-order chi connectivity index (χ0) is 34.1. The van der Waals surface area contributed by atoms with E-state index < -0.39 is 6.29 Å². The van der Waals surface area contributed by atoms with Crippen LogP contribution in [0.2, 0.25) is 5.02 Å². The molecule has 1 saturated heterocycles. The molecule has 256 valence electrons. The van der Waals surface area contributed by atoms with Crippen LogP contribution in [0.4, 0.5) is 0 Å². The molecule has 2 aromatic heterocycles. The number of nitrogens with zero attached hydrogens (tertiary/aromatic N) is 4. The second-order valence-electron chi connectivity index (χ2n) is 12.5. The number of nitrogens with one attached hydrogen (secondary N) is 1. The maximum atomic E-state index is 9.94. The van der Waals surface area contributed by atoms with Gasteiger partial charge in [0.05, 0.1) is 47.6 Å². The van der Waals surface area contributed by atoms with Gasteiger partial charge in [-0.2, -0.15) is 4.98 Å². The Morgan fingerprint density at radius 3 is 2.51 bits per heavy atom. The number of aliphatic hydroxyl groups is 2. The van der Waals surface area contributed by atoms with E-state index >= 15 is 0 Å². The predicted molar refractivity (Wildman–Crippen MR) is 193 cm³/mol. The number of methoxy groups -OCH3 is 2. The first kappa shape index (κ1) is 33.7. The van der Waals surface area contributed by atoms with Crippen LogP contribution in [0.25, 0.3) is 22.4 Å². The van der Waals surface area contributed by atoms with Crippen LogP contribution in [0.15, 0.2) is 64.1 Å². The standard InChI is InChI=1S/C37H39BrClN5O5/c1-47-34-21(20-44-18-4-3-11-30(44)37(45)46)19-28(38)36(43-34)49-31-15-13-23-22(7-5-8-24(23)31)25-9-6-10-26(32(25)39)29-14-12-27(35(42-29)48-2)33-40-16-17-41-33/h5-10,12,14,19,30-31,37,45-46H,3-4,11,13,15-18,20H2,1-2H3,(H,40,41)/t30-,31-/m0/s1. The number of aromatic nitrogens is 2. The molecule has 0 spiro atoms. The topological polar surface area (TPSA) is 122 Å². The summed E-state index contributed by atoms with van der Waals surface area (Å²) in [6, 6.07) is 17.9. The number of piperidine rings is 1. The van der Waals surface area contributed by atoms with Gasteiger partial charge in [-0.25, -0.2) is 4.98 Å². The summed E-state index contributed by atoms with van der Waals surface area (Å²) < 4.78 is 18.6. The molecular weight excluding hydrogens is 710 g/mol. The van der Waals surface area contributed by atoms with Crippen molar-refractivity contribution in [3.8, 4) is 40.0 Å². The molecule has 7 rings (SSSR count). The third-order valence-electron chi connectivity index (χ3n) is 9.58. The summed E-state index contributed by atoms with van der Waals surface area (Å²) >= 11 is 10.9. The number of pyridine rings is 2. The lowest BCUT2D eigenvalue weighted by atomic mass is 9.94. The number of halogens is 2. The van der Waals surface area contributed by atoms with Gasteiger partial charge < -0.3 is 29.7 Å². The molecule has 2 aromatic carbocycles. The smallest absolute Gasteiger partial charge is 0.231 e. The number of hydrogen-bond donors (Lipinski definition) is 3. The minimum absolute atomic E-state index is 0.210. The van der Waals surface area contributed by atoms with E-state index in [2.05, 4.69) is 43.3 Å². The average molecular weight is 749 g/mol. The van der Waals surface area contributed by atoms with Crippen molar-refractivity contribution in [2.45, 2.75) is 57.1 Å². The minimum Gasteiger partial charge on any atom is -0.481 e. The Kier molecular flexibility index (Phi) is 10.1. The first-order chi connectivity index (χ1) is 23.9. The van der Waals surface area contributed by atoms with Gasteiger partial charge in [0.15, 0.2) is 6.29 Å². The van der Waals surface area contributed by atoms with Crippen molar-refractivity contribution in [1.82, 2.24) is 20.2 Å². The van der Waals surface area contributed by atoms with Crippen molar-refractivity contribution in [1.29, 1.82) is 0 Å². The van der Waals surface area contributed by atoms with Crippen LogP contribution in [0.3, 0.4) is 0 Å². The van der Waals surface area contributed by atoms with E-state index in [0.29, 0.717) is 33.7 Å². The summed E-state index contributed by atoms with van der Waals surface area (Å²) in [6.07, 6.45) is 2.72. The number of likely N-dealkylation sites (tertiary alicyclic amines) is 1. The molecule has 0 amide bonds. The maximum Gasteiger partial charge on any atom is 0.231 e. The van der Waals surface area contributed by atoms with Gasteiger partial charge in [0, 0.05) is 29.8 Å². The summed E-state index contributed by atoms with van der Waals surface area (Å²) in [5.41, 5.74) is 7.49. The molecule has 1 aliphatic carbocycles. The van der Waals surface area contributed by atoms with Crippen LogP contribution in [-0.4, -0.2) is 77.1 Å². The lowest BCUT2D eigenvalue weighted by molar-refractivity contribution is -0.112. The molecule has 0 saturated carbocycles. The molecule has 4 aromatic rings. The maximum absolute atomic E-state index is 9.94. The van der Waals surface area contributed by atoms with Crippen molar-refractivity contribution >= 4 is 33.4 Å². The molecule has 49 heavy (non-hydrogen) atoms. The highest BCUT2D eigenvalue weighted by molar-refractivity contribution is 9.10. The van der Waals surface area contributed by atoms with E-state index in [-0.39, 0.29) is 12.1 Å². The van der Waals surface area contributed by atoms with Gasteiger partial charge in [0.2, 0.25) is 17.6 Å². The predicted octanol–water partition coefficient (Wildman–Crippen LogP) is 6.33. The van der Waals surface area contributed by atoms with Crippen molar-refractivity contribution in [3.05, 3.63) is 86.3 Å². The molecule has 3 N–H and O–H groups in total. The van der Waals surface area contributed by atoms with Crippen LogP contribution in [0.5, 0.6) is 17.6 Å². The highest BCUT2D eigenvalue weighted by Crippen LogP contribution is 2.45. The number of benzene rings is 2. The average Bonchev–Trinajstić information content (AvgIpc) is 3.80. The first-order valence-electron chi connectivity index (χ1n) is 16.6. The van der Waals surface area contributed by atoms with Crippen LogP contribution in [0.1, 0.15) is 54.0 Å². The fourth-order valence-corrected chi connectivity index (χ4v) is 7.99. The normalized spacial score (nSPS) is 19.0. The van der Waals surface area contributed by atoms with Crippen molar-refractivity contribution in [2.24, 2.45) is 4.99 Å². The SMILES string of the molecule is COc1nc(O[C@H]2CCc3c(-c4cccc(-c5ccc(C6=NCCN6)c(OC)n5)c4Cl)cccc32)c(Br)cc1CN1CCCC[C@H]1C(O)O. The molecule has 0 radical (unpaired) electrons. The van der Waals surface area contributed by atoms with Crippen molar-refractivity contribution in [2.75, 3.05) is 33.9 Å². The van der Waals surface area contributed by atoms with Crippen LogP contribution in [-0.2, 0) is 13.0 Å². The summed E-state index contributed by atoms with van der Waals surface area (Å²) in [6.45, 7) is 2.80. The summed E-state index contributed by atoms with van der Waals surface area (Å²) in [5.74, 6) is 2.19. The second kappa shape index (κ2) is 14.6. The number of ether oxygens (including phenoxy) is 3. The quantitative estimate of drug-likeness (QED) is 0.160. The van der Waals surface area contributed by atoms with Crippen LogP contribution in [0, 0.1) is 0 Å². The van der Waals surface area contributed by atoms with E-state index in [4.69, 9.17) is 35.8 Å². The Bertz CT molecular complexity index is 1890. The van der Waals surface area contributed by atoms with Gasteiger partial charge in [-0.15, -0.1) is 0 Å². The Balaban J connectivity index is 1.15. The molecule has 10 nitrogen and oxygen atoms in total. The number of hydrogen-bond acceptors (Lipinski definition) is 10.